The van der Waals surface area contributed by atoms with Gasteiger partial charge in [0.15, 0.2) is 0 Å². The zero-order valence-electron chi connectivity index (χ0n) is 12.9. The van der Waals surface area contributed by atoms with Crippen molar-refractivity contribution in [3.05, 3.63) is 65.2 Å². The van der Waals surface area contributed by atoms with E-state index in [2.05, 4.69) is 44.3 Å². The van der Waals surface area contributed by atoms with Gasteiger partial charge >= 0.3 is 0 Å². The molecule has 0 heterocycles. The summed E-state index contributed by atoms with van der Waals surface area (Å²) in [5.74, 6) is 0.599. The largest absolute Gasteiger partial charge is 0.309 e. The number of nitrogens with one attached hydrogen (secondary N) is 1. The monoisotopic (exact) mass is 301 g/mol. The van der Waals surface area contributed by atoms with E-state index in [1.165, 1.54) is 16.7 Å². The lowest BCUT2D eigenvalue weighted by Gasteiger charge is -2.20. The van der Waals surface area contributed by atoms with Crippen LogP contribution in [0.1, 0.15) is 29.7 Å². The number of hydrogen-bond donors (Lipinski definition) is 1. The van der Waals surface area contributed by atoms with Gasteiger partial charge in [0.05, 0.1) is 10.8 Å². The lowest BCUT2D eigenvalue weighted by atomic mass is 10.0. The molecule has 0 saturated heterocycles. The molecule has 2 atom stereocenters. The molecular formula is C18H23NOS. The Morgan fingerprint density at radius 1 is 1.10 bits per heavy atom. The molecule has 0 aromatic heterocycles. The van der Waals surface area contributed by atoms with E-state index in [9.17, 15) is 4.21 Å². The van der Waals surface area contributed by atoms with Crippen molar-refractivity contribution in [3.63, 3.8) is 0 Å². The van der Waals surface area contributed by atoms with Crippen LogP contribution < -0.4 is 5.32 Å². The van der Waals surface area contributed by atoms with Crippen molar-refractivity contribution >= 4 is 10.8 Å². The smallest absolute Gasteiger partial charge is 0.0548 e. The third kappa shape index (κ3) is 4.26. The van der Waals surface area contributed by atoms with Gasteiger partial charge < -0.3 is 5.32 Å². The standard InChI is InChI=1S/C18H23NOS/c1-4-19-18(17-11-10-14(2)12-15(17)3)13-21(20)16-8-6-5-7-9-16/h5-12,18-19H,4,13H2,1-3H3. The van der Waals surface area contributed by atoms with Crippen molar-refractivity contribution in [2.75, 3.05) is 12.3 Å². The van der Waals surface area contributed by atoms with Crippen molar-refractivity contribution < 1.29 is 4.21 Å². The van der Waals surface area contributed by atoms with Crippen LogP contribution in [0, 0.1) is 13.8 Å². The summed E-state index contributed by atoms with van der Waals surface area (Å²) in [6, 6.07) is 16.3. The quantitative estimate of drug-likeness (QED) is 0.880. The van der Waals surface area contributed by atoms with Crippen molar-refractivity contribution in [1.82, 2.24) is 5.32 Å². The molecule has 0 saturated carbocycles. The Kier molecular flexibility index (Phi) is 5.71. The van der Waals surface area contributed by atoms with E-state index < -0.39 is 10.8 Å². The summed E-state index contributed by atoms with van der Waals surface area (Å²) in [6.45, 7) is 7.17. The highest BCUT2D eigenvalue weighted by atomic mass is 32.2. The number of aryl methyl sites for hydroxylation is 2. The Morgan fingerprint density at radius 3 is 2.43 bits per heavy atom. The first-order chi connectivity index (χ1) is 10.1. The molecule has 0 bridgehead atoms. The summed E-state index contributed by atoms with van der Waals surface area (Å²) in [5, 5.41) is 3.47. The molecule has 2 aromatic rings. The summed E-state index contributed by atoms with van der Waals surface area (Å²) in [4.78, 5) is 0.894. The number of benzene rings is 2. The van der Waals surface area contributed by atoms with Crippen LogP contribution >= 0.6 is 0 Å². The van der Waals surface area contributed by atoms with Gasteiger partial charge in [0.1, 0.15) is 0 Å². The first kappa shape index (κ1) is 15.9. The first-order valence-corrected chi connectivity index (χ1v) is 8.67. The van der Waals surface area contributed by atoms with Gasteiger partial charge in [-0.3, -0.25) is 4.21 Å². The van der Waals surface area contributed by atoms with Gasteiger partial charge in [0, 0.05) is 16.7 Å². The Bertz CT molecular complexity index is 610. The molecule has 0 aliphatic carbocycles. The van der Waals surface area contributed by atoms with E-state index in [1.54, 1.807) is 0 Å². The molecule has 0 radical (unpaired) electrons. The van der Waals surface area contributed by atoms with Gasteiger partial charge in [-0.1, -0.05) is 48.9 Å². The molecule has 0 aliphatic heterocycles. The summed E-state index contributed by atoms with van der Waals surface area (Å²) in [5.41, 5.74) is 3.76. The van der Waals surface area contributed by atoms with Gasteiger partial charge in [-0.2, -0.15) is 0 Å². The van der Waals surface area contributed by atoms with E-state index in [0.29, 0.717) is 5.75 Å². The summed E-state index contributed by atoms with van der Waals surface area (Å²) < 4.78 is 12.6. The van der Waals surface area contributed by atoms with Crippen LogP contribution in [0.5, 0.6) is 0 Å². The number of hydrogen-bond acceptors (Lipinski definition) is 2. The van der Waals surface area contributed by atoms with Crippen LogP contribution in [0.2, 0.25) is 0 Å². The molecular weight excluding hydrogens is 278 g/mol. The fourth-order valence-corrected chi connectivity index (χ4v) is 3.79. The minimum atomic E-state index is -0.992. The zero-order valence-corrected chi connectivity index (χ0v) is 13.7. The topological polar surface area (TPSA) is 29.1 Å². The molecule has 0 aliphatic rings. The third-order valence-corrected chi connectivity index (χ3v) is 5.01. The maximum Gasteiger partial charge on any atom is 0.0548 e. The van der Waals surface area contributed by atoms with E-state index in [-0.39, 0.29) is 6.04 Å². The summed E-state index contributed by atoms with van der Waals surface area (Å²) in [7, 11) is -0.992. The molecule has 1 N–H and O–H groups in total. The molecule has 3 heteroatoms. The van der Waals surface area contributed by atoms with Crippen LogP contribution in [0.3, 0.4) is 0 Å². The van der Waals surface area contributed by atoms with E-state index in [1.807, 2.05) is 30.3 Å². The van der Waals surface area contributed by atoms with Crippen LogP contribution in [0.25, 0.3) is 0 Å². The molecule has 2 aromatic carbocycles. The second-order valence-electron chi connectivity index (χ2n) is 5.30. The Balaban J connectivity index is 2.21. The minimum absolute atomic E-state index is 0.122. The molecule has 2 rings (SSSR count). The van der Waals surface area contributed by atoms with Crippen molar-refractivity contribution in [2.24, 2.45) is 0 Å². The van der Waals surface area contributed by atoms with Crippen LogP contribution in [0.4, 0.5) is 0 Å². The fraction of sp³-hybridized carbons (Fsp3) is 0.333. The average molecular weight is 301 g/mol. The van der Waals surface area contributed by atoms with Gasteiger partial charge in [-0.25, -0.2) is 0 Å². The highest BCUT2D eigenvalue weighted by Gasteiger charge is 2.17. The maximum atomic E-state index is 12.6. The Labute approximate surface area is 130 Å². The van der Waals surface area contributed by atoms with Crippen LogP contribution in [-0.4, -0.2) is 16.5 Å². The van der Waals surface area contributed by atoms with Crippen molar-refractivity contribution in [3.8, 4) is 0 Å². The lowest BCUT2D eigenvalue weighted by Crippen LogP contribution is -2.26. The molecule has 0 fully saturated rings. The predicted molar refractivity (Wildman–Crippen MR) is 90.1 cm³/mol. The summed E-state index contributed by atoms with van der Waals surface area (Å²) in [6.07, 6.45) is 0. The SMILES string of the molecule is CCNC(CS(=O)c1ccccc1)c1ccc(C)cc1C. The van der Waals surface area contributed by atoms with Crippen molar-refractivity contribution in [1.29, 1.82) is 0 Å². The van der Waals surface area contributed by atoms with Gasteiger partial charge in [0.2, 0.25) is 0 Å². The third-order valence-electron chi connectivity index (χ3n) is 3.58. The number of rotatable bonds is 6. The Hall–Kier alpha value is -1.45. The van der Waals surface area contributed by atoms with E-state index in [4.69, 9.17) is 0 Å². The van der Waals surface area contributed by atoms with Gasteiger partial charge in [-0.05, 0) is 43.7 Å². The first-order valence-electron chi connectivity index (χ1n) is 7.35. The molecule has 0 spiro atoms. The molecule has 0 amide bonds. The zero-order chi connectivity index (χ0) is 15.2. The normalized spacial score (nSPS) is 13.9. The van der Waals surface area contributed by atoms with Gasteiger partial charge in [0.25, 0.3) is 0 Å². The van der Waals surface area contributed by atoms with E-state index in [0.717, 1.165) is 11.4 Å². The van der Waals surface area contributed by atoms with Crippen LogP contribution in [-0.2, 0) is 10.8 Å². The summed E-state index contributed by atoms with van der Waals surface area (Å²) >= 11 is 0. The molecule has 112 valence electrons. The second kappa shape index (κ2) is 7.53. The predicted octanol–water partition coefficient (Wildman–Crippen LogP) is 3.76. The highest BCUT2D eigenvalue weighted by molar-refractivity contribution is 7.85. The van der Waals surface area contributed by atoms with E-state index >= 15 is 0 Å². The average Bonchev–Trinajstić information content (AvgIpc) is 2.48. The van der Waals surface area contributed by atoms with Crippen molar-refractivity contribution in [2.45, 2.75) is 31.7 Å². The molecule has 2 nitrogen and oxygen atoms in total. The molecule has 21 heavy (non-hydrogen) atoms. The Morgan fingerprint density at radius 2 is 1.81 bits per heavy atom. The highest BCUT2D eigenvalue weighted by Crippen LogP contribution is 2.21. The lowest BCUT2D eigenvalue weighted by molar-refractivity contribution is 0.592. The second-order valence-corrected chi connectivity index (χ2v) is 6.79. The minimum Gasteiger partial charge on any atom is -0.309 e. The van der Waals surface area contributed by atoms with Crippen LogP contribution in [0.15, 0.2) is 53.4 Å². The maximum absolute atomic E-state index is 12.6. The fourth-order valence-electron chi connectivity index (χ4n) is 2.54. The van der Waals surface area contributed by atoms with Gasteiger partial charge in [-0.15, -0.1) is 0 Å². The molecule has 2 unspecified atom stereocenters.